The van der Waals surface area contributed by atoms with Crippen LogP contribution in [-0.2, 0) is 6.42 Å². The number of carbonyl (C=O) groups excluding carboxylic acids is 1. The molecule has 0 aliphatic carbocycles. The van der Waals surface area contributed by atoms with E-state index in [1.165, 1.54) is 30.3 Å². The summed E-state index contributed by atoms with van der Waals surface area (Å²) in [5.41, 5.74) is 2.32. The first kappa shape index (κ1) is 21.0. The molecule has 0 saturated heterocycles. The second-order valence-electron chi connectivity index (χ2n) is 6.47. The van der Waals surface area contributed by atoms with Crippen molar-refractivity contribution in [1.82, 2.24) is 0 Å². The molecule has 0 unspecified atom stereocenters. The van der Waals surface area contributed by atoms with E-state index >= 15 is 0 Å². The number of allylic oxidation sites excluding steroid dienone is 1. The number of hydrogen-bond acceptors (Lipinski definition) is 3. The maximum atomic E-state index is 14.1. The lowest BCUT2D eigenvalue weighted by Gasteiger charge is -2.09. The molecule has 0 aliphatic heterocycles. The molecule has 0 amide bonds. The van der Waals surface area contributed by atoms with Crippen LogP contribution in [0.3, 0.4) is 0 Å². The Kier molecular flexibility index (Phi) is 6.75. The largest absolute Gasteiger partial charge is 0.486 e. The number of hydrogen-bond donors (Lipinski definition) is 0. The van der Waals surface area contributed by atoms with E-state index in [0.29, 0.717) is 17.5 Å². The summed E-state index contributed by atoms with van der Waals surface area (Å²) in [5, 5.41) is 0. The molecule has 3 rings (SSSR count). The van der Waals surface area contributed by atoms with Crippen LogP contribution in [0.4, 0.5) is 8.78 Å². The molecule has 0 bridgehead atoms. The van der Waals surface area contributed by atoms with Gasteiger partial charge in [0, 0.05) is 0 Å². The molecule has 3 nitrogen and oxygen atoms in total. The summed E-state index contributed by atoms with van der Waals surface area (Å²) in [6, 6.07) is 15.4. The van der Waals surface area contributed by atoms with Crippen molar-refractivity contribution in [1.29, 1.82) is 0 Å². The molecule has 0 spiro atoms. The Morgan fingerprint density at radius 3 is 2.13 bits per heavy atom. The molecule has 0 saturated carbocycles. The van der Waals surface area contributed by atoms with Gasteiger partial charge in [0.1, 0.15) is 6.61 Å². The molecule has 0 atom stereocenters. The smallest absolute Gasteiger partial charge is 0.343 e. The summed E-state index contributed by atoms with van der Waals surface area (Å²) in [6.07, 6.45) is 3.72. The normalized spacial score (nSPS) is 10.3. The van der Waals surface area contributed by atoms with Crippen LogP contribution >= 0.6 is 0 Å². The highest BCUT2D eigenvalue weighted by molar-refractivity contribution is 5.91. The van der Waals surface area contributed by atoms with Gasteiger partial charge in [0.2, 0.25) is 0 Å². The zero-order valence-electron chi connectivity index (χ0n) is 16.2. The van der Waals surface area contributed by atoms with Crippen molar-refractivity contribution in [2.75, 3.05) is 6.61 Å². The second kappa shape index (κ2) is 9.65. The second-order valence-corrected chi connectivity index (χ2v) is 6.47. The van der Waals surface area contributed by atoms with Crippen LogP contribution < -0.4 is 9.47 Å². The quantitative estimate of drug-likeness (QED) is 0.256. The van der Waals surface area contributed by atoms with E-state index < -0.39 is 17.6 Å². The van der Waals surface area contributed by atoms with Crippen LogP contribution in [0.25, 0.3) is 11.1 Å². The van der Waals surface area contributed by atoms with Gasteiger partial charge >= 0.3 is 5.97 Å². The maximum absolute atomic E-state index is 14.1. The van der Waals surface area contributed by atoms with Gasteiger partial charge in [-0.1, -0.05) is 43.0 Å². The Labute approximate surface area is 173 Å². The number of halogens is 2. The van der Waals surface area contributed by atoms with E-state index in [1.54, 1.807) is 42.5 Å². The van der Waals surface area contributed by atoms with E-state index in [2.05, 4.69) is 13.2 Å². The molecule has 5 heteroatoms. The van der Waals surface area contributed by atoms with Crippen molar-refractivity contribution < 1.29 is 23.0 Å². The van der Waals surface area contributed by atoms with Crippen molar-refractivity contribution in [3.05, 3.63) is 109 Å². The minimum absolute atomic E-state index is 0.139. The summed E-state index contributed by atoms with van der Waals surface area (Å²) >= 11 is 0. The lowest BCUT2D eigenvalue weighted by atomic mass is 10.0. The Hall–Kier alpha value is -3.73. The summed E-state index contributed by atoms with van der Waals surface area (Å²) in [7, 11) is 0. The van der Waals surface area contributed by atoms with Crippen LogP contribution in [0.15, 0.2) is 86.0 Å². The van der Waals surface area contributed by atoms with Crippen LogP contribution in [0.2, 0.25) is 0 Å². The molecular weight excluding hydrogens is 386 g/mol. The first-order valence-electron chi connectivity index (χ1n) is 9.27. The first-order valence-corrected chi connectivity index (χ1v) is 9.27. The third-order valence-electron chi connectivity index (χ3n) is 4.32. The molecule has 3 aromatic carbocycles. The summed E-state index contributed by atoms with van der Waals surface area (Å²) in [6.45, 7) is 7.35. The van der Waals surface area contributed by atoms with E-state index in [9.17, 15) is 13.6 Å². The van der Waals surface area contributed by atoms with Crippen molar-refractivity contribution in [2.24, 2.45) is 0 Å². The van der Waals surface area contributed by atoms with E-state index in [4.69, 9.17) is 9.47 Å². The lowest BCUT2D eigenvalue weighted by Crippen LogP contribution is -2.09. The molecule has 3 aromatic rings. The SMILES string of the molecule is C=CCOc1ccc(-c2ccc(C(=O)Oc3ccc(CC=C)cc3F)cc2)cc1F. The predicted octanol–water partition coefficient (Wildman–Crippen LogP) is 6.14. The average molecular weight is 406 g/mol. The summed E-state index contributed by atoms with van der Waals surface area (Å²) in [5.74, 6) is -1.80. The molecule has 0 aromatic heterocycles. The summed E-state index contributed by atoms with van der Waals surface area (Å²) in [4.78, 5) is 12.3. The van der Waals surface area contributed by atoms with Crippen molar-refractivity contribution in [3.8, 4) is 22.6 Å². The van der Waals surface area contributed by atoms with Gasteiger partial charge in [-0.3, -0.25) is 0 Å². The van der Waals surface area contributed by atoms with Gasteiger partial charge in [0.05, 0.1) is 5.56 Å². The third-order valence-corrected chi connectivity index (χ3v) is 4.32. The Balaban J connectivity index is 1.72. The van der Waals surface area contributed by atoms with Gasteiger partial charge in [-0.15, -0.1) is 6.58 Å². The van der Waals surface area contributed by atoms with Crippen molar-refractivity contribution >= 4 is 5.97 Å². The van der Waals surface area contributed by atoms with Crippen molar-refractivity contribution in [2.45, 2.75) is 6.42 Å². The molecule has 0 aliphatic rings. The Morgan fingerprint density at radius 1 is 0.833 bits per heavy atom. The fraction of sp³-hybridized carbons (Fsp3) is 0.0800. The summed E-state index contributed by atoms with van der Waals surface area (Å²) < 4.78 is 38.7. The molecule has 30 heavy (non-hydrogen) atoms. The van der Waals surface area contributed by atoms with Gasteiger partial charge in [-0.2, -0.15) is 0 Å². The monoisotopic (exact) mass is 406 g/mol. The molecular formula is C25H20F2O3. The molecule has 0 fully saturated rings. The zero-order valence-corrected chi connectivity index (χ0v) is 16.2. The topological polar surface area (TPSA) is 35.5 Å². The molecule has 0 radical (unpaired) electrons. The Morgan fingerprint density at radius 2 is 1.50 bits per heavy atom. The fourth-order valence-corrected chi connectivity index (χ4v) is 2.82. The molecule has 0 N–H and O–H groups in total. The van der Waals surface area contributed by atoms with Crippen LogP contribution in [0, 0.1) is 11.6 Å². The van der Waals surface area contributed by atoms with Crippen LogP contribution in [0.1, 0.15) is 15.9 Å². The molecule has 0 heterocycles. The standard InChI is InChI=1S/C25H20F2O3/c1-3-5-17-6-12-24(21(26)15-17)30-25(28)19-9-7-18(8-10-19)20-11-13-23(22(27)16-20)29-14-4-2/h3-4,6-13,15-16H,1-2,5,14H2. The number of benzene rings is 3. The van der Waals surface area contributed by atoms with Gasteiger partial charge < -0.3 is 9.47 Å². The average Bonchev–Trinajstić information content (AvgIpc) is 2.75. The highest BCUT2D eigenvalue weighted by Crippen LogP contribution is 2.26. The van der Waals surface area contributed by atoms with E-state index in [1.807, 2.05) is 0 Å². The van der Waals surface area contributed by atoms with E-state index in [0.717, 1.165) is 5.56 Å². The minimum Gasteiger partial charge on any atom is -0.486 e. The third kappa shape index (κ3) is 5.00. The number of rotatable bonds is 8. The van der Waals surface area contributed by atoms with Crippen LogP contribution in [0.5, 0.6) is 11.5 Å². The number of carbonyl (C=O) groups is 1. The maximum Gasteiger partial charge on any atom is 0.343 e. The lowest BCUT2D eigenvalue weighted by molar-refractivity contribution is 0.0728. The van der Waals surface area contributed by atoms with Gasteiger partial charge in [-0.05, 0) is 59.5 Å². The minimum atomic E-state index is -0.684. The highest BCUT2D eigenvalue weighted by atomic mass is 19.1. The van der Waals surface area contributed by atoms with Crippen LogP contribution in [-0.4, -0.2) is 12.6 Å². The van der Waals surface area contributed by atoms with Crippen molar-refractivity contribution in [3.63, 3.8) is 0 Å². The number of ether oxygens (including phenoxy) is 2. The Bertz CT molecular complexity index is 1070. The van der Waals surface area contributed by atoms with E-state index in [-0.39, 0.29) is 23.7 Å². The molecule has 152 valence electrons. The predicted molar refractivity (Wildman–Crippen MR) is 113 cm³/mol. The van der Waals surface area contributed by atoms with Gasteiger partial charge in [0.15, 0.2) is 23.1 Å². The van der Waals surface area contributed by atoms with Gasteiger partial charge in [0.25, 0.3) is 0 Å². The first-order chi connectivity index (χ1) is 14.5. The van der Waals surface area contributed by atoms with Gasteiger partial charge in [-0.25, -0.2) is 13.6 Å². The number of esters is 1. The zero-order chi connectivity index (χ0) is 21.5. The fourth-order valence-electron chi connectivity index (χ4n) is 2.82. The highest BCUT2D eigenvalue weighted by Gasteiger charge is 2.13.